The van der Waals surface area contributed by atoms with Gasteiger partial charge in [-0.05, 0) is 24.8 Å². The molecule has 0 aliphatic rings. The first-order chi connectivity index (χ1) is 32.2. The number of amides is 9. The van der Waals surface area contributed by atoms with Crippen LogP contribution in [-0.2, 0) is 60.8 Å². The highest BCUT2D eigenvalue weighted by Crippen LogP contribution is 2.08. The number of aliphatic hydroxyl groups is 3. The zero-order valence-corrected chi connectivity index (χ0v) is 36.6. The Bertz CT molecular complexity index is 2070. The number of imidazole rings is 1. The van der Waals surface area contributed by atoms with Crippen molar-refractivity contribution in [3.8, 4) is 0 Å². The average Bonchev–Trinajstić information content (AvgIpc) is 3.81. The van der Waals surface area contributed by atoms with Gasteiger partial charge >= 0.3 is 5.97 Å². The molecule has 374 valence electrons. The number of rotatable bonds is 31. The van der Waals surface area contributed by atoms with Crippen LogP contribution in [0.3, 0.4) is 0 Å². The van der Waals surface area contributed by atoms with E-state index in [-0.39, 0.29) is 38.2 Å². The summed E-state index contributed by atoms with van der Waals surface area (Å²) in [7, 11) is 0. The minimum atomic E-state index is -1.94. The number of hydrogen-bond donors (Lipinski definition) is 17. The lowest BCUT2D eigenvalue weighted by atomic mass is 10.0. The summed E-state index contributed by atoms with van der Waals surface area (Å²) in [5.41, 5.74) is 27.8. The molecule has 0 radical (unpaired) electrons. The minimum Gasteiger partial charge on any atom is -0.480 e. The van der Waals surface area contributed by atoms with Gasteiger partial charge in [0.05, 0.1) is 32.6 Å². The molecule has 0 fully saturated rings. The number of carbonyl (C=O) groups is 10. The fourth-order valence-electron chi connectivity index (χ4n) is 6.00. The van der Waals surface area contributed by atoms with Crippen LogP contribution in [0.5, 0.6) is 0 Å². The Morgan fingerprint density at radius 2 is 1.07 bits per heavy atom. The van der Waals surface area contributed by atoms with Crippen LogP contribution in [0.2, 0.25) is 0 Å². The maximum Gasteiger partial charge on any atom is 0.326 e. The second-order valence-electron chi connectivity index (χ2n) is 15.0. The van der Waals surface area contributed by atoms with E-state index in [9.17, 15) is 68.4 Å². The summed E-state index contributed by atoms with van der Waals surface area (Å²) in [5, 5.41) is 55.0. The van der Waals surface area contributed by atoms with E-state index >= 15 is 0 Å². The van der Waals surface area contributed by atoms with Crippen molar-refractivity contribution >= 4 is 65.1 Å². The van der Waals surface area contributed by atoms with Crippen LogP contribution < -0.4 is 65.9 Å². The molecule has 0 bridgehead atoms. The normalized spacial score (nSPS) is 14.4. The van der Waals surface area contributed by atoms with E-state index in [2.05, 4.69) is 52.2 Å². The van der Waals surface area contributed by atoms with Crippen molar-refractivity contribution in [2.24, 2.45) is 33.7 Å². The van der Waals surface area contributed by atoms with Gasteiger partial charge in [0, 0.05) is 37.7 Å². The summed E-state index contributed by atoms with van der Waals surface area (Å²) in [6, 6.07) is -5.00. The molecule has 0 unspecified atom stereocenters. The Morgan fingerprint density at radius 3 is 1.56 bits per heavy atom. The van der Waals surface area contributed by atoms with Gasteiger partial charge in [-0.15, -0.1) is 0 Å². The molecule has 0 saturated carbocycles. The minimum absolute atomic E-state index is 0.0279. The first kappa shape index (κ1) is 56.4. The molecule has 22 N–H and O–H groups in total. The number of carboxylic acids is 1. The largest absolute Gasteiger partial charge is 0.480 e. The number of nitrogens with zero attached hydrogens (tertiary/aromatic N) is 2. The number of nitrogens with one attached hydrogen (secondary N) is 8. The zero-order chi connectivity index (χ0) is 50.9. The molecule has 0 spiro atoms. The predicted molar refractivity (Wildman–Crippen MR) is 235 cm³/mol. The number of hydrogen-bond acceptors (Lipinski definition) is 16. The number of guanidine groups is 1. The van der Waals surface area contributed by atoms with Crippen LogP contribution in [0.4, 0.5) is 0 Å². The van der Waals surface area contributed by atoms with Crippen molar-refractivity contribution in [3.05, 3.63) is 54.1 Å². The topological polar surface area (TPSA) is 507 Å². The molecule has 0 aliphatic carbocycles. The molecule has 1 heterocycles. The second-order valence-corrected chi connectivity index (χ2v) is 15.0. The number of H-pyrrole nitrogens is 1. The standard InChI is InChI=1S/C39H59N15O14/c40-21(15-55)31(60)50-24(11-19-5-2-1-3-6-19)34(63)53-28(17-57)37(66)49-23(8-9-29(41)58)33(62)51-25(13-30(42)59)35(64)54-27(16-56)36(65)48-22(7-4-10-46-39(43)44)32(61)52-26(38(67)68)12-20-14-45-18-47-20/h1-3,5-6,14,18,21-28,55-57H,4,7-13,15-17,40H2,(H2,41,58)(H2,42,59)(H,45,47)(H,48,65)(H,49,66)(H,50,60)(H,51,62)(H,52,61)(H,53,63)(H,54,64)(H,67,68)(H4,43,44,46)/t21-,22-,23-,24-,25-,26-,27-,28-/m0/s1. The van der Waals surface area contributed by atoms with Crippen LogP contribution in [0.25, 0.3) is 0 Å². The number of aliphatic imine (C=N–C) groups is 1. The maximum atomic E-state index is 13.7. The third-order valence-corrected chi connectivity index (χ3v) is 9.60. The van der Waals surface area contributed by atoms with Gasteiger partial charge in [-0.25, -0.2) is 9.78 Å². The van der Waals surface area contributed by atoms with E-state index in [0.29, 0.717) is 11.3 Å². The lowest BCUT2D eigenvalue weighted by Gasteiger charge is -2.27. The Morgan fingerprint density at radius 1 is 0.588 bits per heavy atom. The summed E-state index contributed by atoms with van der Waals surface area (Å²) in [5.74, 6) is -11.7. The molecule has 2 rings (SSSR count). The van der Waals surface area contributed by atoms with E-state index in [0.717, 1.165) is 0 Å². The molecule has 0 aliphatic heterocycles. The molecule has 9 amide bonds. The number of nitrogens with two attached hydrogens (primary N) is 5. The first-order valence-electron chi connectivity index (χ1n) is 20.8. The maximum absolute atomic E-state index is 13.7. The second kappa shape index (κ2) is 29.0. The molecule has 0 saturated heterocycles. The lowest BCUT2D eigenvalue weighted by Crippen LogP contribution is -2.61. The molecule has 1 aromatic carbocycles. The molecule has 68 heavy (non-hydrogen) atoms. The van der Waals surface area contributed by atoms with Gasteiger partial charge in [0.1, 0.15) is 48.3 Å². The molecule has 1 aromatic heterocycles. The summed E-state index contributed by atoms with van der Waals surface area (Å²) in [6.45, 7) is -3.01. The van der Waals surface area contributed by atoms with E-state index in [1.54, 1.807) is 30.3 Å². The molecular weight excluding hydrogens is 903 g/mol. The van der Waals surface area contributed by atoms with Gasteiger partial charge in [-0.1, -0.05) is 30.3 Å². The van der Waals surface area contributed by atoms with E-state index in [1.807, 2.05) is 0 Å². The number of aliphatic hydroxyl groups excluding tert-OH is 3. The SMILES string of the molecule is NC(=O)CC[C@H](NC(=O)[C@H](CO)NC(=O)[C@H](Cc1ccccc1)NC(=O)[C@@H](N)CO)C(=O)N[C@@H](CC(N)=O)C(=O)N[C@@H](CO)C(=O)N[C@@H](CCCN=C(N)N)C(=O)N[C@@H](Cc1cnc[nH]1)C(=O)O. The highest BCUT2D eigenvalue weighted by Gasteiger charge is 2.35. The molecule has 2 aromatic rings. The van der Waals surface area contributed by atoms with Crippen LogP contribution in [0.15, 0.2) is 47.8 Å². The monoisotopic (exact) mass is 961 g/mol. The first-order valence-corrected chi connectivity index (χ1v) is 20.8. The summed E-state index contributed by atoms with van der Waals surface area (Å²) >= 11 is 0. The van der Waals surface area contributed by atoms with Crippen molar-refractivity contribution < 1.29 is 68.4 Å². The zero-order valence-electron chi connectivity index (χ0n) is 36.6. The van der Waals surface area contributed by atoms with Crippen LogP contribution in [0, 0.1) is 0 Å². The summed E-state index contributed by atoms with van der Waals surface area (Å²) in [4.78, 5) is 140. The Kier molecular flexibility index (Phi) is 24.0. The number of carbonyl (C=O) groups excluding carboxylic acids is 9. The predicted octanol–water partition coefficient (Wildman–Crippen LogP) is -8.83. The number of carboxylic acid groups (broad SMARTS) is 1. The highest BCUT2D eigenvalue weighted by atomic mass is 16.4. The molecule has 8 atom stereocenters. The van der Waals surface area contributed by atoms with E-state index in [4.69, 9.17) is 28.7 Å². The summed E-state index contributed by atoms with van der Waals surface area (Å²) in [6.07, 6.45) is 0.0693. The summed E-state index contributed by atoms with van der Waals surface area (Å²) < 4.78 is 0. The van der Waals surface area contributed by atoms with Gasteiger partial charge in [-0.2, -0.15) is 0 Å². The Balaban J connectivity index is 2.29. The number of aromatic amines is 1. The van der Waals surface area contributed by atoms with E-state index in [1.165, 1.54) is 12.5 Å². The van der Waals surface area contributed by atoms with Gasteiger partial charge in [0.25, 0.3) is 0 Å². The number of primary amides is 2. The third kappa shape index (κ3) is 20.2. The number of aliphatic carboxylic acids is 1. The number of aromatic nitrogens is 2. The smallest absolute Gasteiger partial charge is 0.326 e. The average molecular weight is 962 g/mol. The molecule has 29 nitrogen and oxygen atoms in total. The fraction of sp³-hybridized carbons (Fsp3) is 0.487. The Labute approximate surface area is 387 Å². The van der Waals surface area contributed by atoms with Crippen LogP contribution in [-0.4, -0.2) is 170 Å². The van der Waals surface area contributed by atoms with Crippen molar-refractivity contribution in [2.75, 3.05) is 26.4 Å². The highest BCUT2D eigenvalue weighted by molar-refractivity contribution is 5.99. The third-order valence-electron chi connectivity index (χ3n) is 9.60. The van der Waals surface area contributed by atoms with Crippen LogP contribution >= 0.6 is 0 Å². The van der Waals surface area contributed by atoms with Crippen molar-refractivity contribution in [1.82, 2.24) is 47.2 Å². The van der Waals surface area contributed by atoms with Crippen molar-refractivity contribution in [1.29, 1.82) is 0 Å². The van der Waals surface area contributed by atoms with Crippen molar-refractivity contribution in [3.63, 3.8) is 0 Å². The number of benzene rings is 1. The van der Waals surface area contributed by atoms with Crippen LogP contribution in [0.1, 0.15) is 43.4 Å². The van der Waals surface area contributed by atoms with Gasteiger partial charge in [0.2, 0.25) is 53.2 Å². The van der Waals surface area contributed by atoms with Gasteiger partial charge in [0.15, 0.2) is 5.96 Å². The van der Waals surface area contributed by atoms with Gasteiger partial charge < -0.3 is 91.3 Å². The molecular formula is C39H59N15O14. The lowest BCUT2D eigenvalue weighted by molar-refractivity contribution is -0.142. The molecule has 29 heteroatoms. The van der Waals surface area contributed by atoms with E-state index < -0.39 is 147 Å². The Hall–Kier alpha value is -7.76. The van der Waals surface area contributed by atoms with Crippen molar-refractivity contribution in [2.45, 2.75) is 93.3 Å². The quantitative estimate of drug-likeness (QED) is 0.0190. The van der Waals surface area contributed by atoms with Gasteiger partial charge in [-0.3, -0.25) is 48.1 Å². The fourth-order valence-corrected chi connectivity index (χ4v) is 6.00.